The molecule has 3 rings (SSSR count). The molecule has 0 N–H and O–H groups in total. The molecule has 0 aromatic carbocycles. The van der Waals surface area contributed by atoms with Crippen molar-refractivity contribution in [1.82, 2.24) is 25.1 Å². The summed E-state index contributed by atoms with van der Waals surface area (Å²) in [5.41, 5.74) is 0. The Balaban J connectivity index is 1.69. The van der Waals surface area contributed by atoms with Crippen LogP contribution in [0.1, 0.15) is 12.8 Å². The predicted molar refractivity (Wildman–Crippen MR) is 69.0 cm³/mol. The second kappa shape index (κ2) is 5.12. The Labute approximate surface area is 117 Å². The maximum absolute atomic E-state index is 11.9. The van der Waals surface area contributed by atoms with Crippen molar-refractivity contribution in [3.8, 4) is 11.6 Å². The Kier molecular flexibility index (Phi) is 3.33. The zero-order valence-corrected chi connectivity index (χ0v) is 11.7. The summed E-state index contributed by atoms with van der Waals surface area (Å²) < 4.78 is 5.93. The summed E-state index contributed by atoms with van der Waals surface area (Å²) in [6.07, 6.45) is 2.14. The number of tetrazole rings is 1. The molecule has 1 fully saturated rings. The van der Waals surface area contributed by atoms with Gasteiger partial charge in [0.05, 0.1) is 0 Å². The third kappa shape index (κ3) is 2.67. The molecule has 0 spiro atoms. The molecule has 0 saturated carbocycles. The van der Waals surface area contributed by atoms with Crippen LogP contribution >= 0.6 is 15.9 Å². The molecule has 19 heavy (non-hydrogen) atoms. The number of carbonyl (C=O) groups is 1. The van der Waals surface area contributed by atoms with Crippen molar-refractivity contribution >= 4 is 21.8 Å². The van der Waals surface area contributed by atoms with Gasteiger partial charge in [-0.15, -0.1) is 10.2 Å². The monoisotopic (exact) mass is 325 g/mol. The second-order valence-corrected chi connectivity index (χ2v) is 5.12. The lowest BCUT2D eigenvalue weighted by Gasteiger charge is -2.13. The third-order valence-corrected chi connectivity index (χ3v) is 3.41. The van der Waals surface area contributed by atoms with Gasteiger partial charge in [0.1, 0.15) is 6.54 Å². The Morgan fingerprint density at radius 3 is 2.84 bits per heavy atom. The lowest BCUT2D eigenvalue weighted by molar-refractivity contribution is -0.131. The zero-order valence-electron chi connectivity index (χ0n) is 10.1. The van der Waals surface area contributed by atoms with E-state index in [0.29, 0.717) is 16.3 Å². The van der Waals surface area contributed by atoms with Gasteiger partial charge in [0, 0.05) is 13.1 Å². The van der Waals surface area contributed by atoms with Crippen molar-refractivity contribution < 1.29 is 9.21 Å². The topological polar surface area (TPSA) is 77.0 Å². The lowest BCUT2D eigenvalue weighted by Crippen LogP contribution is -2.31. The molecule has 2 aromatic rings. The number of aromatic nitrogens is 4. The highest BCUT2D eigenvalue weighted by Crippen LogP contribution is 2.21. The highest BCUT2D eigenvalue weighted by Gasteiger charge is 2.19. The summed E-state index contributed by atoms with van der Waals surface area (Å²) in [6.45, 7) is 1.77. The number of furan rings is 1. The smallest absolute Gasteiger partial charge is 0.246 e. The van der Waals surface area contributed by atoms with E-state index in [2.05, 4.69) is 31.3 Å². The number of rotatable bonds is 3. The Morgan fingerprint density at radius 1 is 1.37 bits per heavy atom. The summed E-state index contributed by atoms with van der Waals surface area (Å²) in [5, 5.41) is 11.9. The van der Waals surface area contributed by atoms with E-state index in [0.717, 1.165) is 25.9 Å². The van der Waals surface area contributed by atoms with Gasteiger partial charge in [-0.25, -0.2) is 0 Å². The number of hydrogen-bond acceptors (Lipinski definition) is 5. The molecule has 0 radical (unpaired) electrons. The first-order chi connectivity index (χ1) is 9.22. The van der Waals surface area contributed by atoms with Crippen LogP contribution in [0.5, 0.6) is 0 Å². The summed E-state index contributed by atoms with van der Waals surface area (Å²) in [7, 11) is 0. The first-order valence-electron chi connectivity index (χ1n) is 6.04. The molecular weight excluding hydrogens is 314 g/mol. The number of hydrogen-bond donors (Lipinski definition) is 0. The van der Waals surface area contributed by atoms with Gasteiger partial charge in [-0.05, 0) is 46.1 Å². The van der Waals surface area contributed by atoms with Crippen molar-refractivity contribution in [2.45, 2.75) is 19.4 Å². The van der Waals surface area contributed by atoms with Gasteiger partial charge < -0.3 is 9.32 Å². The van der Waals surface area contributed by atoms with E-state index in [-0.39, 0.29) is 12.5 Å². The van der Waals surface area contributed by atoms with Gasteiger partial charge >= 0.3 is 0 Å². The van der Waals surface area contributed by atoms with Crippen molar-refractivity contribution in [3.05, 3.63) is 16.8 Å². The van der Waals surface area contributed by atoms with E-state index >= 15 is 0 Å². The zero-order chi connectivity index (χ0) is 13.2. The quantitative estimate of drug-likeness (QED) is 0.850. The fourth-order valence-electron chi connectivity index (χ4n) is 2.03. The molecule has 1 saturated heterocycles. The van der Waals surface area contributed by atoms with Gasteiger partial charge in [-0.3, -0.25) is 4.79 Å². The molecule has 1 aliphatic heterocycles. The van der Waals surface area contributed by atoms with Crippen LogP contribution in [-0.2, 0) is 11.3 Å². The maximum Gasteiger partial charge on any atom is 0.246 e. The number of carbonyl (C=O) groups excluding carboxylic acids is 1. The van der Waals surface area contributed by atoms with Gasteiger partial charge in [0.25, 0.3) is 0 Å². The largest absolute Gasteiger partial charge is 0.446 e. The minimum atomic E-state index is 0.0297. The summed E-state index contributed by atoms with van der Waals surface area (Å²) in [6, 6.07) is 3.50. The third-order valence-electron chi connectivity index (χ3n) is 2.98. The van der Waals surface area contributed by atoms with E-state index in [1.165, 1.54) is 4.80 Å². The van der Waals surface area contributed by atoms with E-state index in [4.69, 9.17) is 4.42 Å². The first-order valence-corrected chi connectivity index (χ1v) is 6.83. The summed E-state index contributed by atoms with van der Waals surface area (Å²) >= 11 is 3.21. The fourth-order valence-corrected chi connectivity index (χ4v) is 2.34. The minimum Gasteiger partial charge on any atom is -0.446 e. The van der Waals surface area contributed by atoms with Crippen molar-refractivity contribution in [2.75, 3.05) is 13.1 Å². The molecule has 0 atom stereocenters. The highest BCUT2D eigenvalue weighted by molar-refractivity contribution is 9.10. The maximum atomic E-state index is 11.9. The van der Waals surface area contributed by atoms with Gasteiger partial charge in [-0.2, -0.15) is 4.80 Å². The molecule has 2 aromatic heterocycles. The first kappa shape index (κ1) is 12.3. The number of nitrogens with zero attached hydrogens (tertiary/aromatic N) is 5. The molecule has 1 amide bonds. The van der Waals surface area contributed by atoms with Crippen LogP contribution < -0.4 is 0 Å². The van der Waals surface area contributed by atoms with Crippen LogP contribution in [0.25, 0.3) is 11.6 Å². The van der Waals surface area contributed by atoms with Crippen LogP contribution in [0.4, 0.5) is 0 Å². The lowest BCUT2D eigenvalue weighted by atomic mass is 10.4. The summed E-state index contributed by atoms with van der Waals surface area (Å²) in [4.78, 5) is 15.1. The highest BCUT2D eigenvalue weighted by atomic mass is 79.9. The SMILES string of the molecule is O=C(Cn1nnc(-c2ccc(Br)o2)n1)N1CCCC1. The van der Waals surface area contributed by atoms with Gasteiger partial charge in [0.15, 0.2) is 10.4 Å². The molecule has 8 heteroatoms. The average Bonchev–Trinajstić information content (AvgIpc) is 3.07. The van der Waals surface area contributed by atoms with Crippen LogP contribution in [0, 0.1) is 0 Å². The van der Waals surface area contributed by atoms with Crippen molar-refractivity contribution in [1.29, 1.82) is 0 Å². The van der Waals surface area contributed by atoms with Crippen LogP contribution in [0.15, 0.2) is 21.2 Å². The molecule has 7 nitrogen and oxygen atoms in total. The Bertz CT molecular complexity index is 587. The van der Waals surface area contributed by atoms with Crippen molar-refractivity contribution in [3.63, 3.8) is 0 Å². The van der Waals surface area contributed by atoms with E-state index in [1.807, 2.05) is 4.90 Å². The Morgan fingerprint density at radius 2 is 2.16 bits per heavy atom. The average molecular weight is 326 g/mol. The summed E-state index contributed by atoms with van der Waals surface area (Å²) in [5.74, 6) is 0.925. The Hall–Kier alpha value is -1.70. The molecular formula is C11H12BrN5O2. The predicted octanol–water partition coefficient (Wildman–Crippen LogP) is 1.32. The van der Waals surface area contributed by atoms with Gasteiger partial charge in [-0.1, -0.05) is 0 Å². The molecule has 3 heterocycles. The van der Waals surface area contributed by atoms with Crippen molar-refractivity contribution in [2.24, 2.45) is 0 Å². The molecule has 0 bridgehead atoms. The van der Waals surface area contributed by atoms with E-state index in [9.17, 15) is 4.79 Å². The fraction of sp³-hybridized carbons (Fsp3) is 0.455. The normalized spacial score (nSPS) is 15.1. The second-order valence-electron chi connectivity index (χ2n) is 4.34. The number of amides is 1. The number of likely N-dealkylation sites (tertiary alicyclic amines) is 1. The molecule has 0 aliphatic carbocycles. The minimum absolute atomic E-state index is 0.0297. The van der Waals surface area contributed by atoms with Gasteiger partial charge in [0.2, 0.25) is 11.7 Å². The van der Waals surface area contributed by atoms with Crippen LogP contribution in [0.2, 0.25) is 0 Å². The van der Waals surface area contributed by atoms with E-state index in [1.54, 1.807) is 12.1 Å². The van der Waals surface area contributed by atoms with Crippen LogP contribution in [0.3, 0.4) is 0 Å². The molecule has 0 unspecified atom stereocenters. The molecule has 1 aliphatic rings. The van der Waals surface area contributed by atoms with Crippen LogP contribution in [-0.4, -0.2) is 44.1 Å². The number of halogens is 1. The molecule has 100 valence electrons. The standard InChI is InChI=1S/C11H12BrN5O2/c12-9-4-3-8(19-9)11-13-15-17(14-11)7-10(18)16-5-1-2-6-16/h3-4H,1-2,5-7H2. The van der Waals surface area contributed by atoms with E-state index < -0.39 is 0 Å².